The second-order valence-electron chi connectivity index (χ2n) is 5.28. The summed E-state index contributed by atoms with van der Waals surface area (Å²) in [7, 11) is -4.00. The van der Waals surface area contributed by atoms with Crippen molar-refractivity contribution in [3.05, 3.63) is 33.9 Å². The molecule has 0 saturated heterocycles. The minimum Gasteiger partial charge on any atom is -0.396 e. The standard InChI is InChI=1S/C13H18N2O5S/c1-9-4-2-7-12(15(17)18)13(9)21(19,20)14-11-6-3-5-10(11)8-16/h2,4,7,10-11,14,16H,3,5-6,8H2,1H3. The summed E-state index contributed by atoms with van der Waals surface area (Å²) in [6.45, 7) is 1.43. The molecule has 1 saturated carbocycles. The lowest BCUT2D eigenvalue weighted by Crippen LogP contribution is -2.39. The summed E-state index contributed by atoms with van der Waals surface area (Å²) in [4.78, 5) is 10.1. The molecule has 2 N–H and O–H groups in total. The topological polar surface area (TPSA) is 110 Å². The van der Waals surface area contributed by atoms with Gasteiger partial charge in [-0.3, -0.25) is 10.1 Å². The van der Waals surface area contributed by atoms with Gasteiger partial charge in [-0.15, -0.1) is 0 Å². The summed E-state index contributed by atoms with van der Waals surface area (Å²) >= 11 is 0. The molecular formula is C13H18N2O5S. The van der Waals surface area contributed by atoms with Gasteiger partial charge in [0.2, 0.25) is 10.0 Å². The highest BCUT2D eigenvalue weighted by atomic mass is 32.2. The Hall–Kier alpha value is -1.51. The van der Waals surface area contributed by atoms with Gasteiger partial charge in [0, 0.05) is 18.7 Å². The Kier molecular flexibility index (Phi) is 4.60. The molecule has 2 rings (SSSR count). The Balaban J connectivity index is 2.38. The molecule has 0 aliphatic heterocycles. The maximum Gasteiger partial charge on any atom is 0.289 e. The van der Waals surface area contributed by atoms with Crippen LogP contribution < -0.4 is 4.72 Å². The molecule has 0 bridgehead atoms. The van der Waals surface area contributed by atoms with Crippen LogP contribution in [0.25, 0.3) is 0 Å². The number of aryl methyl sites for hydroxylation is 1. The molecule has 2 unspecified atom stereocenters. The van der Waals surface area contributed by atoms with E-state index in [9.17, 15) is 23.6 Å². The average Bonchev–Trinajstić information content (AvgIpc) is 2.84. The van der Waals surface area contributed by atoms with Crippen molar-refractivity contribution in [2.45, 2.75) is 37.1 Å². The second-order valence-corrected chi connectivity index (χ2v) is 6.93. The first-order valence-corrected chi connectivity index (χ1v) is 8.22. The number of nitrogens with one attached hydrogen (secondary N) is 1. The van der Waals surface area contributed by atoms with Crippen LogP contribution in [0, 0.1) is 23.0 Å². The van der Waals surface area contributed by atoms with Gasteiger partial charge in [0.1, 0.15) is 0 Å². The largest absolute Gasteiger partial charge is 0.396 e. The average molecular weight is 314 g/mol. The van der Waals surface area contributed by atoms with Crippen molar-refractivity contribution in [1.29, 1.82) is 0 Å². The van der Waals surface area contributed by atoms with E-state index in [2.05, 4.69) is 4.72 Å². The maximum atomic E-state index is 12.5. The highest BCUT2D eigenvalue weighted by Gasteiger charge is 2.34. The smallest absolute Gasteiger partial charge is 0.289 e. The molecule has 0 amide bonds. The summed E-state index contributed by atoms with van der Waals surface area (Å²) in [5, 5.41) is 20.3. The summed E-state index contributed by atoms with van der Waals surface area (Å²) < 4.78 is 27.5. The monoisotopic (exact) mass is 314 g/mol. The van der Waals surface area contributed by atoms with Crippen molar-refractivity contribution >= 4 is 15.7 Å². The van der Waals surface area contributed by atoms with Crippen LogP contribution >= 0.6 is 0 Å². The molecule has 1 aliphatic rings. The molecule has 1 aliphatic carbocycles. The van der Waals surface area contributed by atoms with Gasteiger partial charge < -0.3 is 5.11 Å². The predicted molar refractivity (Wildman–Crippen MR) is 76.4 cm³/mol. The Morgan fingerprint density at radius 1 is 1.43 bits per heavy atom. The number of nitrogens with zero attached hydrogens (tertiary/aromatic N) is 1. The molecular weight excluding hydrogens is 296 g/mol. The molecule has 1 aromatic rings. The van der Waals surface area contributed by atoms with Crippen molar-refractivity contribution in [3.63, 3.8) is 0 Å². The van der Waals surface area contributed by atoms with Gasteiger partial charge in [-0.05, 0) is 31.2 Å². The number of aliphatic hydroxyl groups excluding tert-OH is 1. The molecule has 0 radical (unpaired) electrons. The highest BCUT2D eigenvalue weighted by molar-refractivity contribution is 7.89. The van der Waals surface area contributed by atoms with E-state index in [1.165, 1.54) is 25.1 Å². The number of nitro groups is 1. The number of benzene rings is 1. The van der Waals surface area contributed by atoms with Crippen molar-refractivity contribution < 1.29 is 18.4 Å². The van der Waals surface area contributed by atoms with Crippen molar-refractivity contribution in [2.75, 3.05) is 6.61 Å². The number of sulfonamides is 1. The lowest BCUT2D eigenvalue weighted by Gasteiger charge is -2.19. The van der Waals surface area contributed by atoms with Gasteiger partial charge >= 0.3 is 0 Å². The van der Waals surface area contributed by atoms with E-state index in [-0.39, 0.29) is 23.5 Å². The summed E-state index contributed by atoms with van der Waals surface area (Å²) in [5.41, 5.74) is -0.101. The third-order valence-electron chi connectivity index (χ3n) is 3.86. The molecule has 0 spiro atoms. The fraction of sp³-hybridized carbons (Fsp3) is 0.538. The maximum absolute atomic E-state index is 12.5. The van der Waals surface area contributed by atoms with E-state index in [1.807, 2.05) is 0 Å². The predicted octanol–water partition coefficient (Wildman–Crippen LogP) is 1.34. The lowest BCUT2D eigenvalue weighted by molar-refractivity contribution is -0.387. The first-order chi connectivity index (χ1) is 9.86. The van der Waals surface area contributed by atoms with Crippen LogP contribution in [0.1, 0.15) is 24.8 Å². The third-order valence-corrected chi connectivity index (χ3v) is 5.54. The number of aliphatic hydroxyl groups is 1. The zero-order valence-corrected chi connectivity index (χ0v) is 12.5. The highest BCUT2D eigenvalue weighted by Crippen LogP contribution is 2.30. The number of hydrogen-bond donors (Lipinski definition) is 2. The van der Waals surface area contributed by atoms with E-state index in [4.69, 9.17) is 0 Å². The first kappa shape index (κ1) is 15.9. The molecule has 2 atom stereocenters. The Morgan fingerprint density at radius 2 is 2.14 bits per heavy atom. The van der Waals surface area contributed by atoms with Gasteiger partial charge in [-0.25, -0.2) is 13.1 Å². The van der Waals surface area contributed by atoms with Crippen LogP contribution in [0.5, 0.6) is 0 Å². The Bertz CT molecular complexity index is 644. The fourth-order valence-electron chi connectivity index (χ4n) is 2.80. The van der Waals surface area contributed by atoms with Crippen molar-refractivity contribution in [2.24, 2.45) is 5.92 Å². The second kappa shape index (κ2) is 6.08. The van der Waals surface area contributed by atoms with Crippen LogP contribution in [-0.2, 0) is 10.0 Å². The van der Waals surface area contributed by atoms with Crippen LogP contribution in [0.2, 0.25) is 0 Å². The summed E-state index contributed by atoms with van der Waals surface area (Å²) in [6.07, 6.45) is 2.21. The molecule has 8 heteroatoms. The van der Waals surface area contributed by atoms with Crippen LogP contribution in [0.4, 0.5) is 5.69 Å². The minimum absolute atomic E-state index is 0.0942. The minimum atomic E-state index is -4.00. The molecule has 7 nitrogen and oxygen atoms in total. The lowest BCUT2D eigenvalue weighted by atomic mass is 10.1. The molecule has 0 aromatic heterocycles. The normalized spacial score (nSPS) is 22.4. The molecule has 21 heavy (non-hydrogen) atoms. The number of hydrogen-bond acceptors (Lipinski definition) is 5. The SMILES string of the molecule is Cc1cccc([N+](=O)[O-])c1S(=O)(=O)NC1CCCC1CO. The van der Waals surface area contributed by atoms with Crippen LogP contribution in [0.15, 0.2) is 23.1 Å². The summed E-state index contributed by atoms with van der Waals surface area (Å²) in [5.74, 6) is -0.136. The van der Waals surface area contributed by atoms with E-state index >= 15 is 0 Å². The van der Waals surface area contributed by atoms with Gasteiger partial charge in [0.15, 0.2) is 4.90 Å². The van der Waals surface area contributed by atoms with Crippen LogP contribution in [-0.4, -0.2) is 31.1 Å². The Morgan fingerprint density at radius 3 is 2.76 bits per heavy atom. The zero-order chi connectivity index (χ0) is 15.6. The molecule has 1 fully saturated rings. The van der Waals surface area contributed by atoms with Crippen molar-refractivity contribution in [1.82, 2.24) is 4.72 Å². The first-order valence-electron chi connectivity index (χ1n) is 6.74. The number of rotatable bonds is 5. The van der Waals surface area contributed by atoms with Gasteiger partial charge in [-0.1, -0.05) is 18.6 Å². The molecule has 0 heterocycles. The summed E-state index contributed by atoms with van der Waals surface area (Å²) in [6, 6.07) is 3.79. The van der Waals surface area contributed by atoms with E-state index in [0.717, 1.165) is 12.8 Å². The van der Waals surface area contributed by atoms with E-state index in [1.54, 1.807) is 0 Å². The molecule has 1 aromatic carbocycles. The van der Waals surface area contributed by atoms with Gasteiger partial charge in [0.05, 0.1) is 4.92 Å². The fourth-order valence-corrected chi connectivity index (χ4v) is 4.54. The zero-order valence-electron chi connectivity index (χ0n) is 11.7. The quantitative estimate of drug-likeness (QED) is 0.629. The Labute approximate surface area is 123 Å². The third kappa shape index (κ3) is 3.22. The van der Waals surface area contributed by atoms with Gasteiger partial charge in [0.25, 0.3) is 5.69 Å². The van der Waals surface area contributed by atoms with Gasteiger partial charge in [-0.2, -0.15) is 0 Å². The molecule has 116 valence electrons. The van der Waals surface area contributed by atoms with Crippen molar-refractivity contribution in [3.8, 4) is 0 Å². The number of nitro benzene ring substituents is 1. The van der Waals surface area contributed by atoms with E-state index in [0.29, 0.717) is 12.0 Å². The van der Waals surface area contributed by atoms with Crippen LogP contribution in [0.3, 0.4) is 0 Å². The van der Waals surface area contributed by atoms with E-state index < -0.39 is 20.6 Å².